The van der Waals surface area contributed by atoms with Gasteiger partial charge in [0.2, 0.25) is 0 Å². The number of ether oxygens (including phenoxy) is 2. The van der Waals surface area contributed by atoms with Crippen molar-refractivity contribution >= 4 is 0 Å². The van der Waals surface area contributed by atoms with Crippen molar-refractivity contribution in [2.75, 3.05) is 6.61 Å². The third kappa shape index (κ3) is 3.53. The SMILES string of the molecule is CCOC1CC(CC(NN)C2CC(C)(C)OC2(C)C)C1. The van der Waals surface area contributed by atoms with Crippen LogP contribution in [0.4, 0.5) is 0 Å². The molecule has 0 amide bonds. The highest BCUT2D eigenvalue weighted by atomic mass is 16.5. The van der Waals surface area contributed by atoms with E-state index in [2.05, 4.69) is 40.0 Å². The second-order valence-corrected chi connectivity index (χ2v) is 7.70. The molecule has 2 rings (SSSR count). The minimum atomic E-state index is -0.108. The summed E-state index contributed by atoms with van der Waals surface area (Å²) >= 11 is 0. The second-order valence-electron chi connectivity index (χ2n) is 7.70. The molecule has 2 aliphatic rings. The smallest absolute Gasteiger partial charge is 0.0678 e. The zero-order valence-corrected chi connectivity index (χ0v) is 13.7. The van der Waals surface area contributed by atoms with Crippen molar-refractivity contribution in [1.82, 2.24) is 5.43 Å². The van der Waals surface area contributed by atoms with Crippen LogP contribution in [0, 0.1) is 11.8 Å². The van der Waals surface area contributed by atoms with Crippen molar-refractivity contribution in [3.8, 4) is 0 Å². The summed E-state index contributed by atoms with van der Waals surface area (Å²) < 4.78 is 11.9. The molecular weight excluding hydrogens is 252 g/mol. The number of nitrogens with two attached hydrogens (primary N) is 1. The first kappa shape index (κ1) is 16.2. The van der Waals surface area contributed by atoms with E-state index in [0.717, 1.165) is 25.4 Å². The van der Waals surface area contributed by atoms with Crippen molar-refractivity contribution in [2.24, 2.45) is 17.7 Å². The lowest BCUT2D eigenvalue weighted by molar-refractivity contribution is -0.0803. The van der Waals surface area contributed by atoms with Gasteiger partial charge in [-0.15, -0.1) is 0 Å². The number of rotatable bonds is 6. The average Bonchev–Trinajstić information content (AvgIpc) is 2.50. The quantitative estimate of drug-likeness (QED) is 0.581. The van der Waals surface area contributed by atoms with Gasteiger partial charge in [-0.2, -0.15) is 0 Å². The molecule has 0 bridgehead atoms. The maximum Gasteiger partial charge on any atom is 0.0678 e. The molecule has 0 spiro atoms. The molecule has 0 aromatic heterocycles. The Morgan fingerprint density at radius 2 is 1.95 bits per heavy atom. The lowest BCUT2D eigenvalue weighted by Gasteiger charge is -2.40. The Hall–Kier alpha value is -0.160. The van der Waals surface area contributed by atoms with E-state index in [1.807, 2.05) is 0 Å². The van der Waals surface area contributed by atoms with Crippen molar-refractivity contribution in [2.45, 2.75) is 83.6 Å². The normalized spacial score (nSPS) is 36.6. The van der Waals surface area contributed by atoms with Gasteiger partial charge in [-0.3, -0.25) is 11.3 Å². The summed E-state index contributed by atoms with van der Waals surface area (Å²) in [5.41, 5.74) is 2.91. The van der Waals surface area contributed by atoms with Gasteiger partial charge in [-0.25, -0.2) is 0 Å². The molecule has 0 aromatic carbocycles. The molecule has 2 fully saturated rings. The minimum Gasteiger partial charge on any atom is -0.378 e. The fourth-order valence-electron chi connectivity index (χ4n) is 4.18. The molecule has 4 heteroatoms. The van der Waals surface area contributed by atoms with E-state index in [-0.39, 0.29) is 11.2 Å². The van der Waals surface area contributed by atoms with Gasteiger partial charge >= 0.3 is 0 Å². The fraction of sp³-hybridized carbons (Fsp3) is 1.00. The molecular formula is C16H32N2O2. The zero-order chi connectivity index (χ0) is 15.0. The van der Waals surface area contributed by atoms with Crippen molar-refractivity contribution < 1.29 is 9.47 Å². The lowest BCUT2D eigenvalue weighted by atomic mass is 9.72. The van der Waals surface area contributed by atoms with E-state index < -0.39 is 0 Å². The Morgan fingerprint density at radius 1 is 1.30 bits per heavy atom. The van der Waals surface area contributed by atoms with Gasteiger partial charge in [-0.05, 0) is 66.2 Å². The Kier molecular flexibility index (Phi) is 4.80. The number of hydrazine groups is 1. The van der Waals surface area contributed by atoms with Crippen LogP contribution in [0.2, 0.25) is 0 Å². The largest absolute Gasteiger partial charge is 0.378 e. The van der Waals surface area contributed by atoms with E-state index in [1.54, 1.807) is 0 Å². The first-order chi connectivity index (χ1) is 9.27. The molecule has 2 atom stereocenters. The molecule has 4 nitrogen and oxygen atoms in total. The van der Waals surface area contributed by atoms with Crippen LogP contribution in [0.15, 0.2) is 0 Å². The summed E-state index contributed by atoms with van der Waals surface area (Å²) in [5.74, 6) is 7.05. The van der Waals surface area contributed by atoms with Crippen LogP contribution in [-0.2, 0) is 9.47 Å². The van der Waals surface area contributed by atoms with E-state index in [1.165, 1.54) is 12.8 Å². The number of hydrogen-bond acceptors (Lipinski definition) is 4. The van der Waals surface area contributed by atoms with Crippen LogP contribution in [-0.4, -0.2) is 30.0 Å². The summed E-state index contributed by atoms with van der Waals surface area (Å²) in [4.78, 5) is 0. The summed E-state index contributed by atoms with van der Waals surface area (Å²) in [7, 11) is 0. The van der Waals surface area contributed by atoms with Crippen LogP contribution in [0.25, 0.3) is 0 Å². The Labute approximate surface area is 123 Å². The average molecular weight is 284 g/mol. The highest BCUT2D eigenvalue weighted by molar-refractivity contribution is 5.00. The van der Waals surface area contributed by atoms with Gasteiger partial charge in [-0.1, -0.05) is 0 Å². The highest BCUT2D eigenvalue weighted by Crippen LogP contribution is 2.45. The van der Waals surface area contributed by atoms with Crippen LogP contribution in [0.5, 0.6) is 0 Å². The first-order valence-electron chi connectivity index (χ1n) is 8.05. The fourth-order valence-corrected chi connectivity index (χ4v) is 4.18. The molecule has 1 aliphatic carbocycles. The van der Waals surface area contributed by atoms with Gasteiger partial charge in [0.15, 0.2) is 0 Å². The van der Waals surface area contributed by atoms with Crippen molar-refractivity contribution in [3.05, 3.63) is 0 Å². The maximum absolute atomic E-state index is 6.20. The molecule has 1 saturated heterocycles. The Morgan fingerprint density at radius 3 is 2.40 bits per heavy atom. The molecule has 3 N–H and O–H groups in total. The van der Waals surface area contributed by atoms with E-state index in [0.29, 0.717) is 18.1 Å². The second kappa shape index (κ2) is 5.91. The highest BCUT2D eigenvalue weighted by Gasteiger charge is 2.49. The van der Waals surface area contributed by atoms with Crippen molar-refractivity contribution in [3.63, 3.8) is 0 Å². The number of hydrogen-bond donors (Lipinski definition) is 2. The molecule has 0 aromatic rings. The summed E-state index contributed by atoms with van der Waals surface area (Å²) in [6.45, 7) is 11.6. The van der Waals surface area contributed by atoms with Crippen LogP contribution >= 0.6 is 0 Å². The third-order valence-electron chi connectivity index (χ3n) is 5.03. The summed E-state index contributed by atoms with van der Waals surface area (Å²) in [6.07, 6.45) is 5.05. The van der Waals surface area contributed by atoms with Gasteiger partial charge in [0.1, 0.15) is 0 Å². The Balaban J connectivity index is 1.89. The minimum absolute atomic E-state index is 0.0449. The topological polar surface area (TPSA) is 56.5 Å². The van der Waals surface area contributed by atoms with Gasteiger partial charge in [0.25, 0.3) is 0 Å². The molecule has 118 valence electrons. The molecule has 1 heterocycles. The monoisotopic (exact) mass is 284 g/mol. The molecule has 20 heavy (non-hydrogen) atoms. The third-order valence-corrected chi connectivity index (χ3v) is 5.03. The molecule has 0 radical (unpaired) electrons. The predicted molar refractivity (Wildman–Crippen MR) is 81.2 cm³/mol. The van der Waals surface area contributed by atoms with E-state index in [4.69, 9.17) is 15.3 Å². The van der Waals surface area contributed by atoms with Gasteiger partial charge in [0, 0.05) is 18.6 Å². The van der Waals surface area contributed by atoms with Crippen molar-refractivity contribution in [1.29, 1.82) is 0 Å². The van der Waals surface area contributed by atoms with Crippen LogP contribution in [0.1, 0.15) is 60.3 Å². The zero-order valence-electron chi connectivity index (χ0n) is 13.7. The maximum atomic E-state index is 6.20. The standard InChI is InChI=1S/C16H32N2O2/c1-6-19-12-7-11(8-12)9-14(18-17)13-10-15(2,3)20-16(13,4)5/h11-14,18H,6-10,17H2,1-5H3. The first-order valence-corrected chi connectivity index (χ1v) is 8.05. The molecule has 1 aliphatic heterocycles. The summed E-state index contributed by atoms with van der Waals surface area (Å²) in [6, 6.07) is 0.333. The van der Waals surface area contributed by atoms with Crippen LogP contribution < -0.4 is 11.3 Å². The molecule has 1 saturated carbocycles. The number of nitrogens with one attached hydrogen (secondary N) is 1. The predicted octanol–water partition coefficient (Wildman–Crippen LogP) is 2.62. The van der Waals surface area contributed by atoms with E-state index in [9.17, 15) is 0 Å². The van der Waals surface area contributed by atoms with Gasteiger partial charge in [0.05, 0.1) is 17.3 Å². The van der Waals surface area contributed by atoms with Crippen LogP contribution in [0.3, 0.4) is 0 Å². The van der Waals surface area contributed by atoms with E-state index >= 15 is 0 Å². The van der Waals surface area contributed by atoms with Gasteiger partial charge < -0.3 is 9.47 Å². The lowest BCUT2D eigenvalue weighted by Crippen LogP contribution is -2.49. The summed E-state index contributed by atoms with van der Waals surface area (Å²) in [5, 5.41) is 0. The Bertz CT molecular complexity index is 324. The molecule has 2 unspecified atom stereocenters.